The van der Waals surface area contributed by atoms with Crippen molar-refractivity contribution in [1.29, 1.82) is 0 Å². The Balaban J connectivity index is 0. The Morgan fingerprint density at radius 1 is 1.25 bits per heavy atom. The summed E-state index contributed by atoms with van der Waals surface area (Å²) >= 11 is 0. The highest BCUT2D eigenvalue weighted by Gasteiger charge is 1.94. The Morgan fingerprint density at radius 3 is 1.67 bits per heavy atom. The molecule has 0 heterocycles. The summed E-state index contributed by atoms with van der Waals surface area (Å²) in [5.41, 5.74) is 0.306. The lowest BCUT2D eigenvalue weighted by Crippen LogP contribution is -1.94. The molecular weight excluding hydrogens is 160 g/mol. The predicted octanol–water partition coefficient (Wildman–Crippen LogP) is 1.29. The van der Waals surface area contributed by atoms with Crippen LogP contribution in [0.3, 0.4) is 0 Å². The summed E-state index contributed by atoms with van der Waals surface area (Å²) < 4.78 is 0. The van der Waals surface area contributed by atoms with Crippen molar-refractivity contribution in [2.24, 2.45) is 0 Å². The Kier molecular flexibility index (Phi) is 8.18. The molecule has 0 bridgehead atoms. The molecule has 0 rings (SSSR count). The molecule has 0 aromatic heterocycles. The van der Waals surface area contributed by atoms with Crippen molar-refractivity contribution in [3.05, 3.63) is 24.3 Å². The summed E-state index contributed by atoms with van der Waals surface area (Å²) in [4.78, 5) is 19.0. The van der Waals surface area contributed by atoms with Gasteiger partial charge in [-0.2, -0.15) is 0 Å². The van der Waals surface area contributed by atoms with Gasteiger partial charge in [0, 0.05) is 12.5 Å². The summed E-state index contributed by atoms with van der Waals surface area (Å²) in [6.07, 6.45) is 2.89. The van der Waals surface area contributed by atoms with Crippen molar-refractivity contribution in [2.45, 2.75) is 13.8 Å². The average Bonchev–Trinajstić information content (AvgIpc) is 1.86. The summed E-state index contributed by atoms with van der Waals surface area (Å²) in [7, 11) is 0. The second-order valence-corrected chi connectivity index (χ2v) is 1.91. The molecule has 0 amide bonds. The molecule has 0 aromatic rings. The molecule has 0 aromatic carbocycles. The molecule has 0 atom stereocenters. The number of allylic oxidation sites excluding steroid dienone is 2. The third-order valence-corrected chi connectivity index (χ3v) is 0.705. The third kappa shape index (κ3) is 15.8. The standard InChI is InChI=1S/C6H8O2.C2H4O2/c1-3-4-5(2)6(7)8;1-2(3)4/h3-4H,1H2,2H3,(H,7,8);1H3,(H,3,4). The molecule has 0 unspecified atom stereocenters. The highest BCUT2D eigenvalue weighted by atomic mass is 16.4. The number of rotatable bonds is 2. The second-order valence-electron chi connectivity index (χ2n) is 1.91. The monoisotopic (exact) mass is 172 g/mol. The molecule has 0 aliphatic rings. The maximum atomic E-state index is 9.97. The van der Waals surface area contributed by atoms with Crippen molar-refractivity contribution in [1.82, 2.24) is 0 Å². The van der Waals surface area contributed by atoms with Gasteiger partial charge in [-0.05, 0) is 6.92 Å². The molecule has 0 fully saturated rings. The number of carboxylic acids is 2. The van der Waals surface area contributed by atoms with Gasteiger partial charge in [0.2, 0.25) is 0 Å². The first-order valence-electron chi connectivity index (χ1n) is 3.14. The SMILES string of the molecule is C=CC=C(C)C(=O)O.CC(=O)O. The van der Waals surface area contributed by atoms with Gasteiger partial charge >= 0.3 is 5.97 Å². The van der Waals surface area contributed by atoms with Gasteiger partial charge in [-0.15, -0.1) is 0 Å². The average molecular weight is 172 g/mol. The van der Waals surface area contributed by atoms with Crippen molar-refractivity contribution in [3.8, 4) is 0 Å². The van der Waals surface area contributed by atoms with Crippen molar-refractivity contribution >= 4 is 11.9 Å². The minimum atomic E-state index is -0.898. The quantitative estimate of drug-likeness (QED) is 0.486. The minimum Gasteiger partial charge on any atom is -0.481 e. The molecule has 4 nitrogen and oxygen atoms in total. The zero-order chi connectivity index (χ0) is 10.1. The number of carboxylic acid groups (broad SMARTS) is 2. The number of hydrogen-bond acceptors (Lipinski definition) is 2. The second kappa shape index (κ2) is 7.53. The molecule has 0 aliphatic heterocycles. The summed E-state index contributed by atoms with van der Waals surface area (Å²) in [6.45, 7) is 5.94. The number of carbonyl (C=O) groups is 2. The highest BCUT2D eigenvalue weighted by molar-refractivity contribution is 5.86. The molecule has 4 heteroatoms. The molecule has 0 aliphatic carbocycles. The molecule has 0 radical (unpaired) electrons. The van der Waals surface area contributed by atoms with Crippen LogP contribution in [0.25, 0.3) is 0 Å². The van der Waals surface area contributed by atoms with Crippen LogP contribution in [0.1, 0.15) is 13.8 Å². The fraction of sp³-hybridized carbons (Fsp3) is 0.250. The molecule has 0 spiro atoms. The first kappa shape index (κ1) is 13.0. The molecular formula is C8H12O4. The lowest BCUT2D eigenvalue weighted by molar-refractivity contribution is -0.134. The topological polar surface area (TPSA) is 74.6 Å². The lowest BCUT2D eigenvalue weighted by atomic mass is 10.3. The van der Waals surface area contributed by atoms with Gasteiger partial charge < -0.3 is 10.2 Å². The van der Waals surface area contributed by atoms with Gasteiger partial charge in [0.15, 0.2) is 0 Å². The van der Waals surface area contributed by atoms with Crippen LogP contribution < -0.4 is 0 Å². The predicted molar refractivity (Wildman–Crippen MR) is 44.9 cm³/mol. The fourth-order valence-corrected chi connectivity index (χ4v) is 0.248. The Bertz CT molecular complexity index is 199. The van der Waals surface area contributed by atoms with Crippen LogP contribution in [0, 0.1) is 0 Å². The fourth-order valence-electron chi connectivity index (χ4n) is 0.248. The summed E-state index contributed by atoms with van der Waals surface area (Å²) in [5.74, 6) is -1.73. The highest BCUT2D eigenvalue weighted by Crippen LogP contribution is 1.89. The van der Waals surface area contributed by atoms with Gasteiger partial charge in [0.05, 0.1) is 0 Å². The van der Waals surface area contributed by atoms with Crippen LogP contribution >= 0.6 is 0 Å². The number of aliphatic carboxylic acids is 2. The van der Waals surface area contributed by atoms with E-state index in [4.69, 9.17) is 15.0 Å². The van der Waals surface area contributed by atoms with Gasteiger partial charge in [-0.25, -0.2) is 4.79 Å². The normalized spacial score (nSPS) is 9.33. The van der Waals surface area contributed by atoms with E-state index in [2.05, 4.69) is 6.58 Å². The first-order valence-corrected chi connectivity index (χ1v) is 3.14. The van der Waals surface area contributed by atoms with E-state index in [-0.39, 0.29) is 0 Å². The van der Waals surface area contributed by atoms with Crippen molar-refractivity contribution < 1.29 is 19.8 Å². The zero-order valence-corrected chi connectivity index (χ0v) is 7.07. The van der Waals surface area contributed by atoms with E-state index in [1.54, 1.807) is 0 Å². The van der Waals surface area contributed by atoms with E-state index >= 15 is 0 Å². The van der Waals surface area contributed by atoms with Crippen molar-refractivity contribution in [2.75, 3.05) is 0 Å². The molecule has 12 heavy (non-hydrogen) atoms. The maximum Gasteiger partial charge on any atom is 0.331 e. The largest absolute Gasteiger partial charge is 0.481 e. The molecule has 68 valence electrons. The molecule has 2 N–H and O–H groups in total. The minimum absolute atomic E-state index is 0.306. The van der Waals surface area contributed by atoms with Crippen molar-refractivity contribution in [3.63, 3.8) is 0 Å². The molecule has 0 saturated carbocycles. The van der Waals surface area contributed by atoms with E-state index in [0.29, 0.717) is 5.57 Å². The first-order chi connectivity index (χ1) is 5.41. The van der Waals surface area contributed by atoms with Crippen LogP contribution in [-0.4, -0.2) is 22.2 Å². The van der Waals surface area contributed by atoms with E-state index in [1.807, 2.05) is 0 Å². The van der Waals surface area contributed by atoms with Crippen LogP contribution in [-0.2, 0) is 9.59 Å². The van der Waals surface area contributed by atoms with Crippen LogP contribution in [0.4, 0.5) is 0 Å². The molecule has 0 saturated heterocycles. The Hall–Kier alpha value is -1.58. The van der Waals surface area contributed by atoms with E-state index in [0.717, 1.165) is 6.92 Å². The van der Waals surface area contributed by atoms with Gasteiger partial charge in [0.1, 0.15) is 0 Å². The smallest absolute Gasteiger partial charge is 0.331 e. The van der Waals surface area contributed by atoms with Crippen LogP contribution in [0.5, 0.6) is 0 Å². The van der Waals surface area contributed by atoms with E-state index in [1.165, 1.54) is 19.1 Å². The van der Waals surface area contributed by atoms with Gasteiger partial charge in [-0.1, -0.05) is 18.7 Å². The van der Waals surface area contributed by atoms with Gasteiger partial charge in [0.25, 0.3) is 5.97 Å². The zero-order valence-electron chi connectivity index (χ0n) is 7.07. The van der Waals surface area contributed by atoms with E-state index < -0.39 is 11.9 Å². The summed E-state index contributed by atoms with van der Waals surface area (Å²) in [5, 5.41) is 15.6. The Morgan fingerprint density at radius 2 is 1.58 bits per heavy atom. The van der Waals surface area contributed by atoms with Gasteiger partial charge in [-0.3, -0.25) is 4.79 Å². The number of hydrogen-bond donors (Lipinski definition) is 2. The van der Waals surface area contributed by atoms with E-state index in [9.17, 15) is 4.79 Å². The summed E-state index contributed by atoms with van der Waals surface area (Å²) in [6, 6.07) is 0. The van der Waals surface area contributed by atoms with Crippen LogP contribution in [0.2, 0.25) is 0 Å². The third-order valence-electron chi connectivity index (χ3n) is 0.705. The maximum absolute atomic E-state index is 9.97. The van der Waals surface area contributed by atoms with Crippen LogP contribution in [0.15, 0.2) is 24.3 Å². The lowest BCUT2D eigenvalue weighted by Gasteiger charge is -1.84. The Labute approximate surface area is 70.8 Å².